The van der Waals surface area contributed by atoms with Crippen molar-refractivity contribution >= 4 is 6.08 Å². The van der Waals surface area contributed by atoms with Crippen molar-refractivity contribution in [3.8, 4) is 0 Å². The standard InChI is InChI=1S/C11H18N2/c1-4-13-9(2)8-11(10(13)3)6-5-7-12/h5-6,8H,4,7,12H2,1-3H3. The van der Waals surface area contributed by atoms with E-state index in [-0.39, 0.29) is 0 Å². The van der Waals surface area contributed by atoms with Gasteiger partial charge >= 0.3 is 0 Å². The van der Waals surface area contributed by atoms with Crippen molar-refractivity contribution in [2.24, 2.45) is 5.73 Å². The average molecular weight is 178 g/mol. The molecule has 0 fully saturated rings. The summed E-state index contributed by atoms with van der Waals surface area (Å²) in [4.78, 5) is 0. The molecule has 0 radical (unpaired) electrons. The predicted octanol–water partition coefficient (Wildman–Crippen LogP) is 2.10. The first kappa shape index (κ1) is 10.1. The minimum absolute atomic E-state index is 0.607. The summed E-state index contributed by atoms with van der Waals surface area (Å²) in [6.45, 7) is 8.09. The van der Waals surface area contributed by atoms with Gasteiger partial charge in [0.1, 0.15) is 0 Å². The first-order valence-electron chi connectivity index (χ1n) is 4.74. The predicted molar refractivity (Wildman–Crippen MR) is 57.7 cm³/mol. The second-order valence-electron chi connectivity index (χ2n) is 3.21. The molecule has 0 aromatic carbocycles. The van der Waals surface area contributed by atoms with Crippen LogP contribution in [0.4, 0.5) is 0 Å². The largest absolute Gasteiger partial charge is 0.349 e. The Hall–Kier alpha value is -1.02. The zero-order valence-corrected chi connectivity index (χ0v) is 8.67. The van der Waals surface area contributed by atoms with Crippen LogP contribution in [0.5, 0.6) is 0 Å². The maximum Gasteiger partial charge on any atom is 0.0218 e. The number of rotatable bonds is 3. The van der Waals surface area contributed by atoms with Crippen LogP contribution in [0.25, 0.3) is 6.08 Å². The van der Waals surface area contributed by atoms with Crippen LogP contribution in [0.1, 0.15) is 23.9 Å². The molecule has 1 heterocycles. The highest BCUT2D eigenvalue weighted by molar-refractivity contribution is 5.53. The van der Waals surface area contributed by atoms with Gasteiger partial charge in [-0.3, -0.25) is 0 Å². The maximum atomic E-state index is 5.41. The van der Waals surface area contributed by atoms with Crippen molar-refractivity contribution in [3.05, 3.63) is 29.1 Å². The van der Waals surface area contributed by atoms with Crippen LogP contribution in [0.2, 0.25) is 0 Å². The third kappa shape index (κ3) is 2.01. The van der Waals surface area contributed by atoms with E-state index in [0.717, 1.165) is 6.54 Å². The number of aromatic nitrogens is 1. The van der Waals surface area contributed by atoms with E-state index in [9.17, 15) is 0 Å². The van der Waals surface area contributed by atoms with Crippen LogP contribution in [0, 0.1) is 13.8 Å². The van der Waals surface area contributed by atoms with Crippen LogP contribution >= 0.6 is 0 Å². The Bertz CT molecular complexity index is 308. The van der Waals surface area contributed by atoms with Gasteiger partial charge in [-0.25, -0.2) is 0 Å². The van der Waals surface area contributed by atoms with Gasteiger partial charge in [0.2, 0.25) is 0 Å². The first-order valence-corrected chi connectivity index (χ1v) is 4.74. The molecule has 0 atom stereocenters. The van der Waals surface area contributed by atoms with E-state index in [1.807, 2.05) is 6.08 Å². The van der Waals surface area contributed by atoms with Crippen molar-refractivity contribution in [2.45, 2.75) is 27.3 Å². The molecule has 2 heteroatoms. The van der Waals surface area contributed by atoms with E-state index in [2.05, 4.69) is 37.5 Å². The van der Waals surface area contributed by atoms with Crippen LogP contribution < -0.4 is 5.73 Å². The summed E-state index contributed by atoms with van der Waals surface area (Å²) in [5, 5.41) is 0. The Balaban J connectivity index is 3.03. The first-order chi connectivity index (χ1) is 6.20. The summed E-state index contributed by atoms with van der Waals surface area (Å²) in [6, 6.07) is 2.20. The summed E-state index contributed by atoms with van der Waals surface area (Å²) in [6.07, 6.45) is 4.08. The van der Waals surface area contributed by atoms with Gasteiger partial charge in [0.15, 0.2) is 0 Å². The number of hydrogen-bond donors (Lipinski definition) is 1. The summed E-state index contributed by atoms with van der Waals surface area (Å²) in [5.74, 6) is 0. The number of nitrogens with two attached hydrogens (primary N) is 1. The fraction of sp³-hybridized carbons (Fsp3) is 0.455. The Morgan fingerprint density at radius 3 is 2.62 bits per heavy atom. The Kier molecular flexibility index (Phi) is 3.32. The molecule has 1 aromatic heterocycles. The molecule has 13 heavy (non-hydrogen) atoms. The molecule has 1 aromatic rings. The van der Waals surface area contributed by atoms with Crippen molar-refractivity contribution in [3.63, 3.8) is 0 Å². The van der Waals surface area contributed by atoms with E-state index in [4.69, 9.17) is 5.73 Å². The molecule has 0 unspecified atom stereocenters. The maximum absolute atomic E-state index is 5.41. The van der Waals surface area contributed by atoms with E-state index >= 15 is 0 Å². The second-order valence-corrected chi connectivity index (χ2v) is 3.21. The van der Waals surface area contributed by atoms with Crippen LogP contribution in [-0.4, -0.2) is 11.1 Å². The average Bonchev–Trinajstić information content (AvgIpc) is 2.38. The van der Waals surface area contributed by atoms with E-state index in [1.54, 1.807) is 0 Å². The normalized spacial score (nSPS) is 11.4. The van der Waals surface area contributed by atoms with Gasteiger partial charge in [-0.1, -0.05) is 12.2 Å². The fourth-order valence-electron chi connectivity index (χ4n) is 1.68. The molecule has 0 amide bonds. The lowest BCUT2D eigenvalue weighted by Crippen LogP contribution is -1.98. The quantitative estimate of drug-likeness (QED) is 0.755. The van der Waals surface area contributed by atoms with Crippen LogP contribution in [0.3, 0.4) is 0 Å². The summed E-state index contributed by atoms with van der Waals surface area (Å²) in [5.41, 5.74) is 9.33. The Labute approximate surface area is 80.1 Å². The van der Waals surface area contributed by atoms with E-state index in [0.29, 0.717) is 6.54 Å². The van der Waals surface area contributed by atoms with E-state index < -0.39 is 0 Å². The van der Waals surface area contributed by atoms with Gasteiger partial charge < -0.3 is 10.3 Å². The molecule has 1 rings (SSSR count). The zero-order valence-electron chi connectivity index (χ0n) is 8.67. The molecule has 0 aliphatic rings. The van der Waals surface area contributed by atoms with Crippen molar-refractivity contribution in [2.75, 3.05) is 6.54 Å². The highest BCUT2D eigenvalue weighted by atomic mass is 15.0. The molecule has 0 aliphatic carbocycles. The summed E-state index contributed by atoms with van der Waals surface area (Å²) >= 11 is 0. The Morgan fingerprint density at radius 2 is 2.15 bits per heavy atom. The third-order valence-corrected chi connectivity index (χ3v) is 2.36. The minimum atomic E-state index is 0.607. The number of hydrogen-bond acceptors (Lipinski definition) is 1. The van der Waals surface area contributed by atoms with Gasteiger partial charge in [0.05, 0.1) is 0 Å². The van der Waals surface area contributed by atoms with Crippen molar-refractivity contribution in [1.82, 2.24) is 4.57 Å². The van der Waals surface area contributed by atoms with Gasteiger partial charge in [-0.15, -0.1) is 0 Å². The summed E-state index contributed by atoms with van der Waals surface area (Å²) < 4.78 is 2.30. The molecule has 72 valence electrons. The van der Waals surface area contributed by atoms with Crippen molar-refractivity contribution in [1.29, 1.82) is 0 Å². The van der Waals surface area contributed by atoms with Crippen LogP contribution in [0.15, 0.2) is 12.1 Å². The monoisotopic (exact) mass is 178 g/mol. The lowest BCUT2D eigenvalue weighted by Gasteiger charge is -2.04. The summed E-state index contributed by atoms with van der Waals surface area (Å²) in [7, 11) is 0. The molecule has 2 N–H and O–H groups in total. The highest BCUT2D eigenvalue weighted by Gasteiger charge is 2.03. The van der Waals surface area contributed by atoms with Gasteiger partial charge in [-0.2, -0.15) is 0 Å². The molecule has 0 aliphatic heterocycles. The molecule has 0 spiro atoms. The Morgan fingerprint density at radius 1 is 1.46 bits per heavy atom. The molecule has 0 bridgehead atoms. The molecule has 0 saturated heterocycles. The van der Waals surface area contributed by atoms with Gasteiger partial charge in [0.25, 0.3) is 0 Å². The lowest BCUT2D eigenvalue weighted by atomic mass is 10.2. The smallest absolute Gasteiger partial charge is 0.0218 e. The van der Waals surface area contributed by atoms with Crippen LogP contribution in [-0.2, 0) is 6.54 Å². The molecular formula is C11H18N2. The molecular weight excluding hydrogens is 160 g/mol. The van der Waals surface area contributed by atoms with E-state index in [1.165, 1.54) is 17.0 Å². The molecule has 2 nitrogen and oxygen atoms in total. The minimum Gasteiger partial charge on any atom is -0.349 e. The van der Waals surface area contributed by atoms with Gasteiger partial charge in [-0.05, 0) is 32.4 Å². The van der Waals surface area contributed by atoms with Crippen molar-refractivity contribution < 1.29 is 0 Å². The lowest BCUT2D eigenvalue weighted by molar-refractivity contribution is 0.718. The topological polar surface area (TPSA) is 30.9 Å². The zero-order chi connectivity index (χ0) is 9.84. The van der Waals surface area contributed by atoms with Gasteiger partial charge in [0, 0.05) is 24.5 Å². The number of nitrogens with zero attached hydrogens (tertiary/aromatic N) is 1. The highest BCUT2D eigenvalue weighted by Crippen LogP contribution is 2.15. The SMILES string of the molecule is CCn1c(C)cc(C=CCN)c1C. The second kappa shape index (κ2) is 4.28. The third-order valence-electron chi connectivity index (χ3n) is 2.36. The molecule has 0 saturated carbocycles. The number of aryl methyl sites for hydroxylation is 1. The fourth-order valence-corrected chi connectivity index (χ4v) is 1.68.